The van der Waals surface area contributed by atoms with Crippen molar-refractivity contribution in [2.75, 3.05) is 0 Å². The zero-order valence-electron chi connectivity index (χ0n) is 7.96. The summed E-state index contributed by atoms with van der Waals surface area (Å²) in [4.78, 5) is 14.4. The lowest BCUT2D eigenvalue weighted by atomic mass is 10.2. The number of carbonyl (C=O) groups is 1. The smallest absolute Gasteiger partial charge is 0.347 e. The Morgan fingerprint density at radius 3 is 2.69 bits per heavy atom. The number of aromatic nitrogens is 1. The number of halogens is 4. The maximum absolute atomic E-state index is 12.5. The van der Waals surface area contributed by atoms with Gasteiger partial charge in [-0.15, -0.1) is 0 Å². The number of pyridine rings is 1. The molecule has 0 aliphatic carbocycles. The van der Waals surface area contributed by atoms with Gasteiger partial charge in [-0.3, -0.25) is 9.78 Å². The van der Waals surface area contributed by atoms with Crippen LogP contribution in [0.15, 0.2) is 24.5 Å². The molecular formula is C9H8F4N2O. The second kappa shape index (κ2) is 4.91. The summed E-state index contributed by atoms with van der Waals surface area (Å²) < 4.78 is 48.5. The first kappa shape index (κ1) is 12.4. The SMILES string of the molecule is O=C(NCc1cccnc1)C(F)(F)C(F)F. The van der Waals surface area contributed by atoms with Crippen molar-refractivity contribution in [1.29, 1.82) is 0 Å². The van der Waals surface area contributed by atoms with Crippen molar-refractivity contribution in [3.8, 4) is 0 Å². The molecule has 16 heavy (non-hydrogen) atoms. The monoisotopic (exact) mass is 236 g/mol. The predicted octanol–water partition coefficient (Wildman–Crippen LogP) is 1.60. The van der Waals surface area contributed by atoms with Crippen LogP contribution in [0.1, 0.15) is 5.56 Å². The fourth-order valence-electron chi connectivity index (χ4n) is 0.902. The molecule has 3 nitrogen and oxygen atoms in total. The lowest BCUT2D eigenvalue weighted by Crippen LogP contribution is -2.44. The number of nitrogens with zero attached hydrogens (tertiary/aromatic N) is 1. The molecular weight excluding hydrogens is 228 g/mol. The van der Waals surface area contributed by atoms with Gasteiger partial charge in [-0.2, -0.15) is 8.78 Å². The van der Waals surface area contributed by atoms with Crippen molar-refractivity contribution < 1.29 is 22.4 Å². The quantitative estimate of drug-likeness (QED) is 0.807. The lowest BCUT2D eigenvalue weighted by molar-refractivity contribution is -0.169. The Labute approximate surface area is 88.5 Å². The number of amides is 1. The minimum Gasteiger partial charge on any atom is -0.347 e. The van der Waals surface area contributed by atoms with E-state index in [4.69, 9.17) is 0 Å². The third kappa shape index (κ3) is 2.91. The molecule has 0 spiro atoms. The number of carbonyl (C=O) groups excluding carboxylic acids is 1. The van der Waals surface area contributed by atoms with Crippen LogP contribution in [0.4, 0.5) is 17.6 Å². The van der Waals surface area contributed by atoms with Crippen LogP contribution in [0, 0.1) is 0 Å². The van der Waals surface area contributed by atoms with E-state index in [-0.39, 0.29) is 6.54 Å². The summed E-state index contributed by atoms with van der Waals surface area (Å²) in [5.74, 6) is -6.66. The number of hydrogen-bond acceptors (Lipinski definition) is 2. The van der Waals surface area contributed by atoms with E-state index in [2.05, 4.69) is 4.98 Å². The molecule has 0 saturated carbocycles. The van der Waals surface area contributed by atoms with E-state index >= 15 is 0 Å². The average Bonchev–Trinajstić information content (AvgIpc) is 2.27. The Morgan fingerprint density at radius 1 is 1.50 bits per heavy atom. The Morgan fingerprint density at radius 2 is 2.19 bits per heavy atom. The summed E-state index contributed by atoms with van der Waals surface area (Å²) in [7, 11) is 0. The van der Waals surface area contributed by atoms with Gasteiger partial charge in [0.2, 0.25) is 0 Å². The van der Waals surface area contributed by atoms with Crippen LogP contribution >= 0.6 is 0 Å². The highest BCUT2D eigenvalue weighted by molar-refractivity contribution is 5.83. The first-order valence-corrected chi connectivity index (χ1v) is 4.27. The van der Waals surface area contributed by atoms with Gasteiger partial charge in [0.1, 0.15) is 0 Å². The second-order valence-corrected chi connectivity index (χ2v) is 2.97. The summed E-state index contributed by atoms with van der Waals surface area (Å²) in [5.41, 5.74) is 0.445. The molecule has 0 aromatic carbocycles. The highest BCUT2D eigenvalue weighted by atomic mass is 19.3. The largest absolute Gasteiger partial charge is 0.383 e. The molecule has 1 amide bonds. The summed E-state index contributed by atoms with van der Waals surface area (Å²) in [6.07, 6.45) is -1.22. The van der Waals surface area contributed by atoms with Gasteiger partial charge in [0.15, 0.2) is 0 Å². The predicted molar refractivity (Wildman–Crippen MR) is 47.0 cm³/mol. The molecule has 0 aliphatic heterocycles. The topological polar surface area (TPSA) is 42.0 Å². The summed E-state index contributed by atoms with van der Waals surface area (Å²) in [6, 6.07) is 3.06. The van der Waals surface area contributed by atoms with E-state index in [1.807, 2.05) is 0 Å². The first-order chi connectivity index (χ1) is 7.44. The van der Waals surface area contributed by atoms with Gasteiger partial charge in [0.05, 0.1) is 0 Å². The molecule has 0 fully saturated rings. The molecule has 1 N–H and O–H groups in total. The second-order valence-electron chi connectivity index (χ2n) is 2.97. The lowest BCUT2D eigenvalue weighted by Gasteiger charge is -2.14. The van der Waals surface area contributed by atoms with Crippen LogP contribution in [0.25, 0.3) is 0 Å². The molecule has 1 aromatic rings. The van der Waals surface area contributed by atoms with E-state index in [0.717, 1.165) is 0 Å². The Kier molecular flexibility index (Phi) is 3.81. The van der Waals surface area contributed by atoms with Crippen LogP contribution in [-0.2, 0) is 11.3 Å². The van der Waals surface area contributed by atoms with Gasteiger partial charge < -0.3 is 5.32 Å². The van der Waals surface area contributed by atoms with E-state index in [9.17, 15) is 22.4 Å². The van der Waals surface area contributed by atoms with Crippen molar-refractivity contribution in [3.05, 3.63) is 30.1 Å². The van der Waals surface area contributed by atoms with Crippen LogP contribution in [0.5, 0.6) is 0 Å². The van der Waals surface area contributed by atoms with Crippen LogP contribution < -0.4 is 5.32 Å². The fraction of sp³-hybridized carbons (Fsp3) is 0.333. The van der Waals surface area contributed by atoms with Crippen LogP contribution in [0.2, 0.25) is 0 Å². The molecule has 0 saturated heterocycles. The van der Waals surface area contributed by atoms with Gasteiger partial charge in [-0.05, 0) is 11.6 Å². The van der Waals surface area contributed by atoms with Gasteiger partial charge in [-0.1, -0.05) is 6.07 Å². The molecule has 0 radical (unpaired) electrons. The van der Waals surface area contributed by atoms with Crippen LogP contribution in [0.3, 0.4) is 0 Å². The molecule has 0 unspecified atom stereocenters. The zero-order chi connectivity index (χ0) is 12.2. The normalized spacial score (nSPS) is 11.6. The molecule has 88 valence electrons. The standard InChI is InChI=1S/C9H8F4N2O/c10-7(11)9(12,13)8(16)15-5-6-2-1-3-14-4-6/h1-4,7H,5H2,(H,15,16). The van der Waals surface area contributed by atoms with Gasteiger partial charge in [0.25, 0.3) is 5.91 Å². The summed E-state index contributed by atoms with van der Waals surface area (Å²) in [6.45, 7) is -0.269. The average molecular weight is 236 g/mol. The number of rotatable bonds is 4. The number of nitrogens with one attached hydrogen (secondary N) is 1. The van der Waals surface area contributed by atoms with Crippen molar-refractivity contribution >= 4 is 5.91 Å². The maximum Gasteiger partial charge on any atom is 0.383 e. The Balaban J connectivity index is 2.54. The third-order valence-electron chi connectivity index (χ3n) is 1.75. The van der Waals surface area contributed by atoms with E-state index in [1.54, 1.807) is 5.32 Å². The molecule has 1 aromatic heterocycles. The minimum atomic E-state index is -4.66. The van der Waals surface area contributed by atoms with Crippen molar-refractivity contribution in [1.82, 2.24) is 10.3 Å². The van der Waals surface area contributed by atoms with E-state index < -0.39 is 18.3 Å². The van der Waals surface area contributed by atoms with Crippen LogP contribution in [-0.4, -0.2) is 23.2 Å². The maximum atomic E-state index is 12.5. The molecule has 0 bridgehead atoms. The molecule has 0 atom stereocenters. The summed E-state index contributed by atoms with van der Waals surface area (Å²) in [5, 5.41) is 1.71. The Hall–Kier alpha value is -1.66. The Bertz CT molecular complexity index is 356. The van der Waals surface area contributed by atoms with Gasteiger partial charge in [-0.25, -0.2) is 8.78 Å². The van der Waals surface area contributed by atoms with Gasteiger partial charge >= 0.3 is 12.3 Å². The van der Waals surface area contributed by atoms with Crippen molar-refractivity contribution in [2.24, 2.45) is 0 Å². The molecule has 1 heterocycles. The van der Waals surface area contributed by atoms with Gasteiger partial charge in [0, 0.05) is 18.9 Å². The first-order valence-electron chi connectivity index (χ1n) is 4.27. The van der Waals surface area contributed by atoms with E-state index in [0.29, 0.717) is 5.56 Å². The fourth-order valence-corrected chi connectivity index (χ4v) is 0.902. The molecule has 0 aliphatic rings. The number of hydrogen-bond donors (Lipinski definition) is 1. The van der Waals surface area contributed by atoms with E-state index in [1.165, 1.54) is 24.5 Å². The zero-order valence-corrected chi connectivity index (χ0v) is 7.96. The minimum absolute atomic E-state index is 0.269. The molecule has 1 rings (SSSR count). The van der Waals surface area contributed by atoms with Crippen molar-refractivity contribution in [2.45, 2.75) is 18.9 Å². The highest BCUT2D eigenvalue weighted by Crippen LogP contribution is 2.22. The molecule has 7 heteroatoms. The highest BCUT2D eigenvalue weighted by Gasteiger charge is 2.48. The van der Waals surface area contributed by atoms with Crippen molar-refractivity contribution in [3.63, 3.8) is 0 Å². The third-order valence-corrected chi connectivity index (χ3v) is 1.75. The summed E-state index contributed by atoms with van der Waals surface area (Å²) >= 11 is 0. The number of alkyl halides is 4.